The van der Waals surface area contributed by atoms with Crippen molar-refractivity contribution < 1.29 is 48.6 Å². The number of non-ortho nitro benzene ring substituents is 2. The average molecular weight is 955 g/mol. The quantitative estimate of drug-likeness (QED) is 0.0288. The van der Waals surface area contributed by atoms with E-state index in [1.165, 1.54) is 24.3 Å². The van der Waals surface area contributed by atoms with Gasteiger partial charge in [0, 0.05) is 49.3 Å². The number of unbranched alkanes of at least 4 members (excludes halogenated alkanes) is 2. The summed E-state index contributed by atoms with van der Waals surface area (Å²) >= 11 is 0. The Morgan fingerprint density at radius 1 is 0.886 bits per heavy atom. The van der Waals surface area contributed by atoms with Gasteiger partial charge in [-0.05, 0) is 108 Å². The van der Waals surface area contributed by atoms with Crippen LogP contribution >= 0.6 is 0 Å². The zero-order valence-electron chi connectivity index (χ0n) is 39.1. The smallest absolute Gasteiger partial charge is 0.410 e. The largest absolute Gasteiger partial charge is 0.459 e. The number of amides is 1. The number of fused-ring (bicyclic) bond motifs is 3. The number of nitro benzene ring substituents is 2. The SMILES string of the molecule is C=CCOC12Oc3ccc(Oc4cccc([N+](=O)[O-])c4)cc3C3C(CCCCO)C(CCCCO)C=C(C(=NOCc4ccc([N+](=O)[O-])cc4)CC1N(Cc1cccc4ccccc14)C(=O)OCC)C32. The van der Waals surface area contributed by atoms with Crippen LogP contribution in [0, 0.1) is 38.0 Å². The van der Waals surface area contributed by atoms with Crippen molar-refractivity contribution >= 4 is 34.0 Å². The third-order valence-corrected chi connectivity index (χ3v) is 13.6. The van der Waals surface area contributed by atoms with Crippen LogP contribution in [-0.4, -0.2) is 75.0 Å². The van der Waals surface area contributed by atoms with Crippen LogP contribution in [0.15, 0.2) is 139 Å². The van der Waals surface area contributed by atoms with E-state index >= 15 is 0 Å². The molecule has 1 amide bonds. The number of nitrogens with zero attached hydrogens (tertiary/aromatic N) is 4. The van der Waals surface area contributed by atoms with E-state index in [1.54, 1.807) is 48.2 Å². The molecule has 0 radical (unpaired) electrons. The number of carbonyl (C=O) groups is 1. The molecule has 1 fully saturated rings. The van der Waals surface area contributed by atoms with Gasteiger partial charge in [-0.1, -0.05) is 78.7 Å². The minimum absolute atomic E-state index is 0.00929. The molecule has 8 rings (SSSR count). The zero-order valence-corrected chi connectivity index (χ0v) is 39.1. The maximum absolute atomic E-state index is 14.8. The minimum Gasteiger partial charge on any atom is -0.459 e. The first-order valence-electron chi connectivity index (χ1n) is 23.8. The van der Waals surface area contributed by atoms with Crippen molar-refractivity contribution in [3.8, 4) is 17.2 Å². The highest BCUT2D eigenvalue weighted by Gasteiger charge is 2.65. The summed E-state index contributed by atoms with van der Waals surface area (Å²) in [5.41, 5.74) is 3.48. The van der Waals surface area contributed by atoms with Crippen molar-refractivity contribution in [2.45, 2.75) is 82.8 Å². The standard InChI is InChI=1S/C54H58N4O12/c1-3-29-67-54-50(56(53(61)66-4-2)34-39-16-11-15-37-13-5-6-19-44(37)39)33-48(55-68-35-36-21-23-40(24-22-36)57(62)63)46-30-38(14-7-9-27-59)45(20-8-10-28-60)51(52(46)54)47-32-43(25-26-49(47)70-54)69-42-18-12-17-41(31-42)58(64)65/h3,5-6,11-13,15-19,21-26,30-32,38,45,50-52,59-60H,1,4,7-10,14,20,27-29,33-35H2,2H3. The topological polar surface area (TPSA) is 206 Å². The van der Waals surface area contributed by atoms with E-state index in [1.807, 2.05) is 54.6 Å². The fourth-order valence-electron chi connectivity index (χ4n) is 10.5. The summed E-state index contributed by atoms with van der Waals surface area (Å²) in [7, 11) is 0. The Hall–Kier alpha value is -7.14. The number of oxime groups is 1. The van der Waals surface area contributed by atoms with Crippen LogP contribution < -0.4 is 9.47 Å². The van der Waals surface area contributed by atoms with Crippen molar-refractivity contribution in [1.82, 2.24) is 4.90 Å². The second kappa shape index (κ2) is 22.5. The van der Waals surface area contributed by atoms with Crippen LogP contribution in [-0.2, 0) is 27.5 Å². The summed E-state index contributed by atoms with van der Waals surface area (Å²) in [6, 6.07) is 30.5. The molecule has 16 nitrogen and oxygen atoms in total. The van der Waals surface area contributed by atoms with Gasteiger partial charge in [0.05, 0.1) is 47.3 Å². The van der Waals surface area contributed by atoms with Crippen LogP contribution in [0.4, 0.5) is 16.2 Å². The molecule has 0 bridgehead atoms. The molecule has 1 heterocycles. The van der Waals surface area contributed by atoms with E-state index in [4.69, 9.17) is 28.9 Å². The maximum Gasteiger partial charge on any atom is 0.410 e. The lowest BCUT2D eigenvalue weighted by molar-refractivity contribution is -0.385. The molecule has 366 valence electrons. The molecule has 2 N–H and O–H groups in total. The van der Waals surface area contributed by atoms with Gasteiger partial charge < -0.3 is 34.0 Å². The first-order chi connectivity index (χ1) is 34.1. The van der Waals surface area contributed by atoms with E-state index < -0.39 is 39.6 Å². The third-order valence-electron chi connectivity index (χ3n) is 13.6. The van der Waals surface area contributed by atoms with E-state index in [0.717, 1.165) is 33.9 Å². The predicted octanol–water partition coefficient (Wildman–Crippen LogP) is 10.9. The second-order valence-corrected chi connectivity index (χ2v) is 17.8. The Morgan fingerprint density at radius 2 is 1.61 bits per heavy atom. The van der Waals surface area contributed by atoms with Gasteiger partial charge in [-0.3, -0.25) is 25.1 Å². The molecule has 3 aliphatic rings. The van der Waals surface area contributed by atoms with Crippen molar-refractivity contribution in [3.05, 3.63) is 170 Å². The number of aliphatic hydroxyl groups is 2. The van der Waals surface area contributed by atoms with Gasteiger partial charge in [0.1, 0.15) is 29.9 Å². The number of ether oxygens (including phenoxy) is 4. The number of allylic oxidation sites excluding steroid dienone is 1. The minimum atomic E-state index is -1.60. The van der Waals surface area contributed by atoms with Gasteiger partial charge in [0.2, 0.25) is 5.79 Å². The Labute approximate surface area is 406 Å². The van der Waals surface area contributed by atoms with Crippen molar-refractivity contribution in [1.29, 1.82) is 0 Å². The highest BCUT2D eigenvalue weighted by atomic mass is 16.7. The van der Waals surface area contributed by atoms with Crippen molar-refractivity contribution in [2.75, 3.05) is 26.4 Å². The molecule has 6 atom stereocenters. The summed E-state index contributed by atoms with van der Waals surface area (Å²) in [6.07, 6.45) is 7.37. The zero-order chi connectivity index (χ0) is 49.2. The lowest BCUT2D eigenvalue weighted by Crippen LogP contribution is -2.70. The molecule has 0 saturated heterocycles. The molecular formula is C54H58N4O12. The number of aliphatic hydroxyl groups excluding tert-OH is 2. The van der Waals surface area contributed by atoms with Crippen LogP contribution in [0.2, 0.25) is 0 Å². The van der Waals surface area contributed by atoms with Crippen LogP contribution in [0.1, 0.15) is 74.5 Å². The Balaban J connectivity index is 1.34. The van der Waals surface area contributed by atoms with Gasteiger partial charge >= 0.3 is 6.09 Å². The monoisotopic (exact) mass is 954 g/mol. The number of carbonyl (C=O) groups excluding carboxylic acids is 1. The van der Waals surface area contributed by atoms with Gasteiger partial charge in [0.25, 0.3) is 11.4 Å². The lowest BCUT2D eigenvalue weighted by Gasteiger charge is -2.59. The lowest BCUT2D eigenvalue weighted by atomic mass is 9.55. The van der Waals surface area contributed by atoms with Gasteiger partial charge in [-0.2, -0.15) is 0 Å². The molecule has 6 unspecified atom stereocenters. The molecule has 1 saturated carbocycles. The fourth-order valence-corrected chi connectivity index (χ4v) is 10.5. The highest BCUT2D eigenvalue weighted by Crippen LogP contribution is 2.62. The van der Waals surface area contributed by atoms with Crippen LogP contribution in [0.3, 0.4) is 0 Å². The summed E-state index contributed by atoms with van der Waals surface area (Å²) in [6.45, 7) is 6.06. The summed E-state index contributed by atoms with van der Waals surface area (Å²) < 4.78 is 26.8. The molecule has 5 aromatic carbocycles. The summed E-state index contributed by atoms with van der Waals surface area (Å²) in [5, 5.41) is 50.1. The van der Waals surface area contributed by atoms with E-state index in [2.05, 4.69) is 12.7 Å². The third kappa shape index (κ3) is 10.5. The fraction of sp³-hybridized carbons (Fsp3) is 0.370. The van der Waals surface area contributed by atoms with Gasteiger partial charge in [0.15, 0.2) is 0 Å². The number of nitro groups is 2. The molecular weight excluding hydrogens is 897 g/mol. The van der Waals surface area contributed by atoms with Crippen molar-refractivity contribution in [3.63, 3.8) is 0 Å². The maximum atomic E-state index is 14.8. The highest BCUT2D eigenvalue weighted by molar-refractivity contribution is 6.03. The molecule has 5 aromatic rings. The summed E-state index contributed by atoms with van der Waals surface area (Å²) in [4.78, 5) is 44.9. The van der Waals surface area contributed by atoms with E-state index in [9.17, 15) is 35.2 Å². The normalized spacial score (nSPS) is 21.7. The molecule has 70 heavy (non-hydrogen) atoms. The van der Waals surface area contributed by atoms with Gasteiger partial charge in [-0.15, -0.1) is 6.58 Å². The number of hydrogen-bond acceptors (Lipinski definition) is 13. The first kappa shape index (κ1) is 49.3. The number of hydrogen-bond donors (Lipinski definition) is 2. The summed E-state index contributed by atoms with van der Waals surface area (Å²) in [5.74, 6) is -1.64. The average Bonchev–Trinajstić information content (AvgIpc) is 3.36. The molecule has 0 spiro atoms. The van der Waals surface area contributed by atoms with Crippen molar-refractivity contribution in [2.24, 2.45) is 22.9 Å². The van der Waals surface area contributed by atoms with Gasteiger partial charge in [-0.25, -0.2) is 4.79 Å². The molecule has 0 aromatic heterocycles. The molecule has 2 aliphatic carbocycles. The van der Waals surface area contributed by atoms with E-state index in [0.29, 0.717) is 54.9 Å². The van der Waals surface area contributed by atoms with E-state index in [-0.39, 0.29) is 75.0 Å². The Morgan fingerprint density at radius 3 is 2.36 bits per heavy atom. The van der Waals surface area contributed by atoms with Crippen LogP contribution in [0.25, 0.3) is 10.8 Å². The Kier molecular flexibility index (Phi) is 15.9. The number of benzene rings is 5. The Bertz CT molecular complexity index is 2740. The predicted molar refractivity (Wildman–Crippen MR) is 263 cm³/mol. The molecule has 1 aliphatic heterocycles. The van der Waals surface area contributed by atoms with Crippen LogP contribution in [0.5, 0.6) is 17.2 Å². The number of rotatable bonds is 22. The molecule has 16 heteroatoms. The second-order valence-electron chi connectivity index (χ2n) is 17.8. The first-order valence-corrected chi connectivity index (χ1v) is 23.8.